The van der Waals surface area contributed by atoms with Crippen LogP contribution in [0.3, 0.4) is 0 Å². The summed E-state index contributed by atoms with van der Waals surface area (Å²) in [7, 11) is 2.47. The number of halogens is 2. The number of piperidine rings is 2. The van der Waals surface area contributed by atoms with E-state index in [0.29, 0.717) is 48.7 Å². The molecule has 0 spiro atoms. The molecule has 2 aliphatic carbocycles. The van der Waals surface area contributed by atoms with Gasteiger partial charge in [0.2, 0.25) is 0 Å². The molecule has 16 heteroatoms. The lowest BCUT2D eigenvalue weighted by molar-refractivity contribution is -0.140. The number of methoxy groups -OCH3 is 2. The van der Waals surface area contributed by atoms with E-state index < -0.39 is 47.0 Å². The van der Waals surface area contributed by atoms with E-state index in [1.807, 2.05) is 34.1 Å². The van der Waals surface area contributed by atoms with Gasteiger partial charge in [-0.05, 0) is 132 Å². The Bertz CT molecular complexity index is 2910. The van der Waals surface area contributed by atoms with E-state index in [0.717, 1.165) is 70.0 Å². The van der Waals surface area contributed by atoms with E-state index in [1.54, 1.807) is 0 Å². The molecular weight excluding hydrogens is 871 g/mol. The molecule has 4 amide bonds. The van der Waals surface area contributed by atoms with Gasteiger partial charge < -0.3 is 39.9 Å². The standard InChI is InChI=1S/C52H48F2N8O6/c1-67-49(65)59-43(33-7-13-37(53)14-8-33)45(63)61-27-29-19-21-51(61,25-29)47-55-39-17-11-35(23-41(39)57-47)31-3-5-32(6-4-31)36-12-18-40-42(24-36)58-48(56-40)52-22-20-30(26-52)28-62(52)46(64)44(60-50(66)68-2)34-9-15-38(54)16-10-34/h3-18,23-24,29-30,43-44H,19-22,25-28H2,1-2H3,(H,55,57)(H,56,58)(H,59,65)(H,60,66)/t29?,30?,43-,44-,51?,52?/m1/s1. The molecule has 4 fully saturated rings. The van der Waals surface area contributed by atoms with Crippen molar-refractivity contribution < 1.29 is 37.4 Å². The zero-order valence-corrected chi connectivity index (χ0v) is 37.4. The number of H-pyrrole nitrogens is 2. The summed E-state index contributed by atoms with van der Waals surface area (Å²) >= 11 is 0. The van der Waals surface area contributed by atoms with Crippen molar-refractivity contribution in [3.8, 4) is 22.3 Å². The number of nitrogens with one attached hydrogen (secondary N) is 4. The third kappa shape index (κ3) is 7.29. The Labute approximate surface area is 389 Å². The third-order valence-corrected chi connectivity index (χ3v) is 14.8. The molecule has 346 valence electrons. The topological polar surface area (TPSA) is 175 Å². The lowest BCUT2D eigenvalue weighted by Gasteiger charge is -2.39. The zero-order chi connectivity index (χ0) is 46.9. The minimum absolute atomic E-state index is 0.277. The fraction of sp³-hybridized carbons (Fsp3) is 0.308. The quantitative estimate of drug-likeness (QED) is 0.105. The summed E-state index contributed by atoms with van der Waals surface area (Å²) in [5.74, 6) is 0.454. The van der Waals surface area contributed by atoms with E-state index in [1.165, 1.54) is 62.8 Å². The third-order valence-electron chi connectivity index (χ3n) is 14.8. The predicted octanol–water partition coefficient (Wildman–Crippen LogP) is 8.92. The van der Waals surface area contributed by atoms with E-state index in [2.05, 4.69) is 57.0 Å². The largest absolute Gasteiger partial charge is 0.453 e. The van der Waals surface area contributed by atoms with Gasteiger partial charge in [0.05, 0.1) is 36.3 Å². The number of fused-ring (bicyclic) bond motifs is 6. The van der Waals surface area contributed by atoms with Gasteiger partial charge in [-0.1, -0.05) is 60.7 Å². The van der Waals surface area contributed by atoms with Gasteiger partial charge in [-0.15, -0.1) is 0 Å². The number of hydrogen-bond donors (Lipinski definition) is 4. The molecule has 7 aromatic rings. The van der Waals surface area contributed by atoms with Gasteiger partial charge in [0, 0.05) is 13.1 Å². The summed E-state index contributed by atoms with van der Waals surface area (Å²) in [5, 5.41) is 5.35. The Morgan fingerprint density at radius 1 is 0.588 bits per heavy atom. The van der Waals surface area contributed by atoms with Crippen LogP contribution in [-0.4, -0.2) is 81.0 Å². The van der Waals surface area contributed by atoms with Gasteiger partial charge >= 0.3 is 12.2 Å². The average Bonchev–Trinajstić information content (AvgIpc) is 4.24. The van der Waals surface area contributed by atoms with Gasteiger partial charge in [-0.25, -0.2) is 28.3 Å². The molecule has 14 nitrogen and oxygen atoms in total. The summed E-state index contributed by atoms with van der Waals surface area (Å²) in [5.41, 5.74) is 6.73. The van der Waals surface area contributed by atoms with Gasteiger partial charge in [0.25, 0.3) is 11.8 Å². The number of amides is 4. The maximum absolute atomic E-state index is 14.4. The van der Waals surface area contributed by atoms with E-state index in [9.17, 15) is 28.0 Å². The zero-order valence-electron chi connectivity index (χ0n) is 37.4. The summed E-state index contributed by atoms with van der Waals surface area (Å²) in [6.07, 6.45) is 3.27. The Morgan fingerprint density at radius 3 is 1.34 bits per heavy atom. The Hall–Kier alpha value is -7.62. The van der Waals surface area contributed by atoms with Crippen LogP contribution in [-0.2, 0) is 30.1 Å². The van der Waals surface area contributed by atoms with Crippen LogP contribution in [0.5, 0.6) is 0 Å². The first-order chi connectivity index (χ1) is 32.9. The highest BCUT2D eigenvalue weighted by molar-refractivity contribution is 5.90. The maximum Gasteiger partial charge on any atom is 0.407 e. The lowest BCUT2D eigenvalue weighted by atomic mass is 9.94. The smallest absolute Gasteiger partial charge is 0.407 e. The predicted molar refractivity (Wildman–Crippen MR) is 247 cm³/mol. The van der Waals surface area contributed by atoms with Gasteiger partial charge in [-0.2, -0.15) is 0 Å². The number of ether oxygens (including phenoxy) is 2. The molecule has 6 atom stereocenters. The average molecular weight is 919 g/mol. The van der Waals surface area contributed by atoms with Crippen LogP contribution in [0.25, 0.3) is 44.3 Å². The number of aromatic nitrogens is 4. The summed E-state index contributed by atoms with van der Waals surface area (Å²) in [6.45, 7) is 1.03. The van der Waals surface area contributed by atoms with Crippen molar-refractivity contribution in [2.24, 2.45) is 11.8 Å². The minimum Gasteiger partial charge on any atom is -0.453 e. The molecule has 11 rings (SSSR count). The molecule has 4 N–H and O–H groups in total. The lowest BCUT2D eigenvalue weighted by Crippen LogP contribution is -2.51. The number of carbonyl (C=O) groups is 4. The minimum atomic E-state index is -1.07. The fourth-order valence-corrected chi connectivity index (χ4v) is 11.4. The molecular formula is C52H48F2N8O6. The first kappa shape index (κ1) is 43.0. The second-order valence-corrected chi connectivity index (χ2v) is 18.6. The summed E-state index contributed by atoms with van der Waals surface area (Å²) < 4.78 is 37.5. The van der Waals surface area contributed by atoms with Crippen molar-refractivity contribution in [3.05, 3.63) is 144 Å². The molecule has 68 heavy (non-hydrogen) atoms. The van der Waals surface area contributed by atoms with Crippen molar-refractivity contribution in [2.45, 2.75) is 61.7 Å². The molecule has 4 unspecified atom stereocenters. The highest BCUT2D eigenvalue weighted by atomic mass is 19.1. The molecule has 2 aromatic heterocycles. The van der Waals surface area contributed by atoms with Crippen LogP contribution in [0.1, 0.15) is 73.4 Å². The van der Waals surface area contributed by atoms with Crippen molar-refractivity contribution in [1.29, 1.82) is 0 Å². The highest BCUT2D eigenvalue weighted by Crippen LogP contribution is 2.54. The highest BCUT2D eigenvalue weighted by Gasteiger charge is 2.58. The number of benzene rings is 5. The van der Waals surface area contributed by atoms with Gasteiger partial charge in [0.15, 0.2) is 0 Å². The van der Waals surface area contributed by atoms with Crippen LogP contribution in [0.4, 0.5) is 18.4 Å². The summed E-state index contributed by atoms with van der Waals surface area (Å²) in [6, 6.07) is 29.4. The fourth-order valence-electron chi connectivity index (χ4n) is 11.4. The summed E-state index contributed by atoms with van der Waals surface area (Å²) in [4.78, 5) is 74.6. The van der Waals surface area contributed by atoms with E-state index in [4.69, 9.17) is 19.4 Å². The number of carbonyl (C=O) groups excluding carboxylic acids is 4. The number of imidazole rings is 2. The first-order valence-corrected chi connectivity index (χ1v) is 22.9. The Balaban J connectivity index is 0.835. The van der Waals surface area contributed by atoms with Gasteiger partial charge in [0.1, 0.15) is 46.4 Å². The van der Waals surface area contributed by atoms with Crippen LogP contribution < -0.4 is 10.6 Å². The monoisotopic (exact) mass is 918 g/mol. The molecule has 2 aliphatic heterocycles. The molecule has 5 aromatic carbocycles. The van der Waals surface area contributed by atoms with E-state index >= 15 is 0 Å². The van der Waals surface area contributed by atoms with Crippen LogP contribution in [0.15, 0.2) is 109 Å². The van der Waals surface area contributed by atoms with Crippen molar-refractivity contribution in [3.63, 3.8) is 0 Å². The molecule has 0 radical (unpaired) electrons. The molecule has 4 heterocycles. The second-order valence-electron chi connectivity index (χ2n) is 18.6. The second kappa shape index (κ2) is 16.6. The normalized spacial score (nSPS) is 22.4. The maximum atomic E-state index is 14.4. The SMILES string of the molecule is COC(=O)N[C@@H](C(=O)N1CC2CCC1(c1nc3ccc(-c4ccc(-c5ccc6nc(C78CCC(CN7C(=O)[C@H](NC(=O)OC)c7ccc(F)cc7)C8)[nH]c6c5)cc4)cc3[nH]1)C2)c1ccc(F)cc1. The van der Waals surface area contributed by atoms with Crippen molar-refractivity contribution >= 4 is 46.1 Å². The van der Waals surface area contributed by atoms with Crippen molar-refractivity contribution in [1.82, 2.24) is 40.4 Å². The van der Waals surface area contributed by atoms with Crippen LogP contribution in [0.2, 0.25) is 0 Å². The van der Waals surface area contributed by atoms with Crippen molar-refractivity contribution in [2.75, 3.05) is 27.3 Å². The number of alkyl carbamates (subject to hydrolysis) is 2. The number of nitrogens with zero attached hydrogens (tertiary/aromatic N) is 4. The van der Waals surface area contributed by atoms with Crippen LogP contribution >= 0.6 is 0 Å². The first-order valence-electron chi connectivity index (χ1n) is 22.9. The number of likely N-dealkylation sites (tertiary alicyclic amines) is 2. The molecule has 2 saturated carbocycles. The number of aromatic amines is 2. The molecule has 2 saturated heterocycles. The van der Waals surface area contributed by atoms with E-state index in [-0.39, 0.29) is 23.7 Å². The Morgan fingerprint density at radius 2 is 0.971 bits per heavy atom. The molecule has 4 bridgehead atoms. The number of hydrogen-bond acceptors (Lipinski definition) is 8. The molecule has 4 aliphatic rings. The Kier molecular flexibility index (Phi) is 10.5. The van der Waals surface area contributed by atoms with Crippen LogP contribution in [0, 0.1) is 23.5 Å². The number of rotatable bonds is 10. The van der Waals surface area contributed by atoms with Gasteiger partial charge in [-0.3, -0.25) is 9.59 Å².